The Labute approximate surface area is 109 Å². The molecule has 1 aromatic rings. The molecule has 0 heterocycles. The van der Waals surface area contributed by atoms with Crippen LogP contribution < -0.4 is 5.32 Å². The van der Waals surface area contributed by atoms with Gasteiger partial charge >= 0.3 is 5.97 Å². The predicted molar refractivity (Wildman–Crippen MR) is 66.4 cm³/mol. The molecule has 0 saturated heterocycles. The number of halogens is 2. The van der Waals surface area contributed by atoms with Gasteiger partial charge in [0.15, 0.2) is 0 Å². The number of amides is 1. The Morgan fingerprint density at radius 3 is 2.19 bits per heavy atom. The molecule has 0 bridgehead atoms. The predicted octanol–water partition coefficient (Wildman–Crippen LogP) is 2.41. The third kappa shape index (κ3) is 3.61. The first-order chi connectivity index (χ1) is 7.40. The van der Waals surface area contributed by atoms with Crippen LogP contribution in [-0.2, 0) is 4.79 Å². The molecule has 0 radical (unpaired) electrons. The molecule has 0 saturated carbocycles. The van der Waals surface area contributed by atoms with E-state index >= 15 is 0 Å². The molecular weight excluding hydrogens is 342 g/mol. The molecule has 0 aliphatic rings. The normalized spacial score (nSPS) is 11.9. The molecule has 2 N–H and O–H groups in total. The van der Waals surface area contributed by atoms with Crippen LogP contribution in [0.3, 0.4) is 0 Å². The molecule has 6 heteroatoms. The summed E-state index contributed by atoms with van der Waals surface area (Å²) in [4.78, 5) is 22.2. The maximum Gasteiger partial charge on any atom is 0.325 e. The van der Waals surface area contributed by atoms with Gasteiger partial charge in [0.2, 0.25) is 0 Å². The quantitative estimate of drug-likeness (QED) is 0.879. The van der Waals surface area contributed by atoms with Crippen LogP contribution in [0.15, 0.2) is 27.1 Å². The second kappa shape index (κ2) is 5.45. The van der Waals surface area contributed by atoms with Gasteiger partial charge in [0.1, 0.15) is 6.04 Å². The number of carboxylic acids is 1. The van der Waals surface area contributed by atoms with Crippen molar-refractivity contribution in [2.45, 2.75) is 13.0 Å². The third-order valence-electron chi connectivity index (χ3n) is 1.84. The van der Waals surface area contributed by atoms with Gasteiger partial charge in [-0.25, -0.2) is 0 Å². The zero-order valence-corrected chi connectivity index (χ0v) is 11.5. The minimum Gasteiger partial charge on any atom is -0.480 e. The summed E-state index contributed by atoms with van der Waals surface area (Å²) in [5.41, 5.74) is 0.398. The zero-order valence-electron chi connectivity index (χ0n) is 8.33. The highest BCUT2D eigenvalue weighted by atomic mass is 79.9. The van der Waals surface area contributed by atoms with Gasteiger partial charge < -0.3 is 10.4 Å². The van der Waals surface area contributed by atoms with Gasteiger partial charge in [0, 0.05) is 14.5 Å². The number of carbonyl (C=O) groups excluding carboxylic acids is 1. The van der Waals surface area contributed by atoms with Crippen LogP contribution in [0.2, 0.25) is 0 Å². The lowest BCUT2D eigenvalue weighted by Gasteiger charge is -2.09. The van der Waals surface area contributed by atoms with Gasteiger partial charge in [-0.15, -0.1) is 0 Å². The lowest BCUT2D eigenvalue weighted by atomic mass is 10.2. The van der Waals surface area contributed by atoms with Crippen LogP contribution in [0, 0.1) is 0 Å². The number of rotatable bonds is 3. The number of carbonyl (C=O) groups is 2. The minimum absolute atomic E-state index is 0.398. The summed E-state index contributed by atoms with van der Waals surface area (Å²) in [6.07, 6.45) is 0. The molecule has 1 rings (SSSR count). The lowest BCUT2D eigenvalue weighted by molar-refractivity contribution is -0.138. The summed E-state index contributed by atoms with van der Waals surface area (Å²) in [7, 11) is 0. The van der Waals surface area contributed by atoms with E-state index in [1.54, 1.807) is 18.2 Å². The third-order valence-corrected chi connectivity index (χ3v) is 2.76. The topological polar surface area (TPSA) is 66.4 Å². The van der Waals surface area contributed by atoms with E-state index in [0.717, 1.165) is 8.95 Å². The fourth-order valence-electron chi connectivity index (χ4n) is 1.03. The summed E-state index contributed by atoms with van der Waals surface area (Å²) >= 11 is 6.50. The second-order valence-electron chi connectivity index (χ2n) is 3.19. The molecule has 86 valence electrons. The second-order valence-corrected chi connectivity index (χ2v) is 5.02. The van der Waals surface area contributed by atoms with Crippen LogP contribution >= 0.6 is 31.9 Å². The first-order valence-corrected chi connectivity index (χ1v) is 5.98. The van der Waals surface area contributed by atoms with Gasteiger partial charge in [-0.05, 0) is 25.1 Å². The van der Waals surface area contributed by atoms with Gasteiger partial charge in [0.05, 0.1) is 0 Å². The van der Waals surface area contributed by atoms with Crippen molar-refractivity contribution in [3.8, 4) is 0 Å². The summed E-state index contributed by atoms with van der Waals surface area (Å²) in [6.45, 7) is 1.41. The molecule has 0 unspecified atom stereocenters. The van der Waals surface area contributed by atoms with E-state index in [2.05, 4.69) is 37.2 Å². The summed E-state index contributed by atoms with van der Waals surface area (Å²) in [6, 6.07) is 4.12. The molecule has 1 aromatic carbocycles. The number of carboxylic acid groups (broad SMARTS) is 1. The van der Waals surface area contributed by atoms with Crippen molar-refractivity contribution >= 4 is 43.7 Å². The van der Waals surface area contributed by atoms with E-state index < -0.39 is 17.9 Å². The summed E-state index contributed by atoms with van der Waals surface area (Å²) < 4.78 is 1.49. The molecular formula is C10H9Br2NO3. The Balaban J connectivity index is 2.84. The molecule has 16 heavy (non-hydrogen) atoms. The van der Waals surface area contributed by atoms with Crippen molar-refractivity contribution in [3.05, 3.63) is 32.7 Å². The number of hydrogen-bond donors (Lipinski definition) is 2. The van der Waals surface area contributed by atoms with Crippen LogP contribution in [0.1, 0.15) is 17.3 Å². The van der Waals surface area contributed by atoms with E-state index in [1.165, 1.54) is 6.92 Å². The van der Waals surface area contributed by atoms with Crippen molar-refractivity contribution in [2.75, 3.05) is 0 Å². The lowest BCUT2D eigenvalue weighted by Crippen LogP contribution is -2.38. The fourth-order valence-corrected chi connectivity index (χ4v) is 2.32. The van der Waals surface area contributed by atoms with Crippen molar-refractivity contribution in [1.29, 1.82) is 0 Å². The maximum atomic E-state index is 11.6. The monoisotopic (exact) mass is 349 g/mol. The number of aliphatic carboxylic acids is 1. The van der Waals surface area contributed by atoms with Gasteiger partial charge in [-0.3, -0.25) is 9.59 Å². The SMILES string of the molecule is C[C@@H](NC(=O)c1cc(Br)cc(Br)c1)C(=O)O. The van der Waals surface area contributed by atoms with Gasteiger partial charge in [-0.1, -0.05) is 31.9 Å². The van der Waals surface area contributed by atoms with Crippen molar-refractivity contribution < 1.29 is 14.7 Å². The average molecular weight is 351 g/mol. The highest BCUT2D eigenvalue weighted by molar-refractivity contribution is 9.11. The molecule has 1 amide bonds. The number of nitrogens with one attached hydrogen (secondary N) is 1. The Bertz CT molecular complexity index is 414. The van der Waals surface area contributed by atoms with Gasteiger partial charge in [-0.2, -0.15) is 0 Å². The molecule has 0 aliphatic heterocycles. The molecule has 4 nitrogen and oxygen atoms in total. The highest BCUT2D eigenvalue weighted by Gasteiger charge is 2.15. The first kappa shape index (κ1) is 13.2. The van der Waals surface area contributed by atoms with Crippen LogP contribution in [0.5, 0.6) is 0 Å². The fraction of sp³-hybridized carbons (Fsp3) is 0.200. The van der Waals surface area contributed by atoms with Crippen molar-refractivity contribution in [2.24, 2.45) is 0 Å². The van der Waals surface area contributed by atoms with E-state index in [-0.39, 0.29) is 0 Å². The Morgan fingerprint density at radius 1 is 1.25 bits per heavy atom. The van der Waals surface area contributed by atoms with Gasteiger partial charge in [0.25, 0.3) is 5.91 Å². The largest absolute Gasteiger partial charge is 0.480 e. The standard InChI is InChI=1S/C10H9Br2NO3/c1-5(10(15)16)13-9(14)6-2-7(11)4-8(12)3-6/h2-5H,1H3,(H,13,14)(H,15,16)/t5-/m1/s1. The Morgan fingerprint density at radius 2 is 1.75 bits per heavy atom. The maximum absolute atomic E-state index is 11.6. The Hall–Kier alpha value is -0.880. The molecule has 0 aliphatic carbocycles. The first-order valence-electron chi connectivity index (χ1n) is 4.40. The number of benzene rings is 1. The van der Waals surface area contributed by atoms with E-state index in [0.29, 0.717) is 5.56 Å². The molecule has 1 atom stereocenters. The average Bonchev–Trinajstić information content (AvgIpc) is 2.15. The molecule has 0 aromatic heterocycles. The minimum atomic E-state index is -1.07. The van der Waals surface area contributed by atoms with Crippen molar-refractivity contribution in [3.63, 3.8) is 0 Å². The smallest absolute Gasteiger partial charge is 0.325 e. The van der Waals surface area contributed by atoms with Crippen LogP contribution in [-0.4, -0.2) is 23.0 Å². The van der Waals surface area contributed by atoms with Crippen LogP contribution in [0.4, 0.5) is 0 Å². The summed E-state index contributed by atoms with van der Waals surface area (Å²) in [5, 5.41) is 11.0. The number of hydrogen-bond acceptors (Lipinski definition) is 2. The zero-order chi connectivity index (χ0) is 12.3. The Kier molecular flexibility index (Phi) is 4.49. The summed E-state index contributed by atoms with van der Waals surface area (Å²) in [5.74, 6) is -1.49. The van der Waals surface area contributed by atoms with E-state index in [4.69, 9.17) is 5.11 Å². The van der Waals surface area contributed by atoms with E-state index in [9.17, 15) is 9.59 Å². The van der Waals surface area contributed by atoms with Crippen molar-refractivity contribution in [1.82, 2.24) is 5.32 Å². The van der Waals surface area contributed by atoms with Crippen LogP contribution in [0.25, 0.3) is 0 Å². The van der Waals surface area contributed by atoms with E-state index in [1.807, 2.05) is 0 Å². The highest BCUT2D eigenvalue weighted by Crippen LogP contribution is 2.20. The molecule has 0 spiro atoms. The molecule has 0 fully saturated rings.